The summed E-state index contributed by atoms with van der Waals surface area (Å²) in [6, 6.07) is 19.8. The smallest absolute Gasteiger partial charge is 0.174 e. The van der Waals surface area contributed by atoms with Crippen molar-refractivity contribution in [3.8, 4) is 11.4 Å². The molecule has 3 heterocycles. The first-order valence-corrected chi connectivity index (χ1v) is 13.0. The largest absolute Gasteiger partial charge is 0.490 e. The fraction of sp³-hybridized carbons (Fsp3) is 0.241. The van der Waals surface area contributed by atoms with Crippen molar-refractivity contribution in [2.75, 3.05) is 25.2 Å². The number of aromatic nitrogens is 2. The fourth-order valence-corrected chi connectivity index (χ4v) is 5.62. The van der Waals surface area contributed by atoms with Crippen LogP contribution in [0.25, 0.3) is 5.69 Å². The van der Waals surface area contributed by atoms with Crippen LogP contribution in [-0.4, -0.2) is 35.0 Å². The van der Waals surface area contributed by atoms with E-state index in [0.717, 1.165) is 34.0 Å². The number of methoxy groups -OCH3 is 1. The Kier molecular flexibility index (Phi) is 7.65. The first-order chi connectivity index (χ1) is 18.4. The zero-order chi connectivity index (χ0) is 26.8. The van der Waals surface area contributed by atoms with Gasteiger partial charge >= 0.3 is 0 Å². The summed E-state index contributed by atoms with van der Waals surface area (Å²) in [6.45, 7) is 4.93. The highest BCUT2D eigenvalue weighted by Gasteiger charge is 2.42. The van der Waals surface area contributed by atoms with E-state index < -0.39 is 0 Å². The molecule has 0 bridgehead atoms. The minimum Gasteiger partial charge on any atom is -0.490 e. The summed E-state index contributed by atoms with van der Waals surface area (Å²) in [5.41, 5.74) is 5.48. The number of ether oxygens (including phenoxy) is 2. The SMILES string of the molecule is COCCOc1ccc(N2C(=S)N[C@H](c3ccccn3)[C@H]2c2cc(C)n(-c3cccc(F)c3)c2C)cc1Cl. The minimum atomic E-state index is -0.282. The molecule has 2 atom stereocenters. The molecular weight excluding hydrogens is 523 g/mol. The van der Waals surface area contributed by atoms with Gasteiger partial charge in [-0.1, -0.05) is 23.7 Å². The summed E-state index contributed by atoms with van der Waals surface area (Å²) >= 11 is 12.5. The van der Waals surface area contributed by atoms with E-state index in [-0.39, 0.29) is 17.9 Å². The number of thiocarbonyl (C=S) groups is 1. The average Bonchev–Trinajstić information content (AvgIpc) is 3.40. The Labute approximate surface area is 232 Å². The van der Waals surface area contributed by atoms with E-state index in [9.17, 15) is 4.39 Å². The summed E-state index contributed by atoms with van der Waals surface area (Å²) in [6.07, 6.45) is 1.78. The molecule has 1 N–H and O–H groups in total. The van der Waals surface area contributed by atoms with E-state index in [2.05, 4.69) is 25.8 Å². The Morgan fingerprint density at radius 2 is 1.87 bits per heavy atom. The molecule has 1 aliphatic rings. The molecule has 5 rings (SSSR count). The second kappa shape index (κ2) is 11.1. The third kappa shape index (κ3) is 4.99. The molecule has 0 saturated carbocycles. The topological polar surface area (TPSA) is 51.6 Å². The minimum absolute atomic E-state index is 0.221. The van der Waals surface area contributed by atoms with Crippen molar-refractivity contribution in [3.05, 3.63) is 106 Å². The number of nitrogens with zero attached hydrogens (tertiary/aromatic N) is 3. The van der Waals surface area contributed by atoms with Crippen LogP contribution in [0.4, 0.5) is 10.1 Å². The van der Waals surface area contributed by atoms with Crippen molar-refractivity contribution < 1.29 is 13.9 Å². The molecule has 0 unspecified atom stereocenters. The van der Waals surface area contributed by atoms with Gasteiger partial charge < -0.3 is 24.3 Å². The highest BCUT2D eigenvalue weighted by Crippen LogP contribution is 2.45. The van der Waals surface area contributed by atoms with Crippen molar-refractivity contribution in [2.45, 2.75) is 25.9 Å². The van der Waals surface area contributed by atoms with E-state index >= 15 is 0 Å². The van der Waals surface area contributed by atoms with Gasteiger partial charge in [0, 0.05) is 36.1 Å². The number of anilines is 1. The van der Waals surface area contributed by atoms with E-state index in [4.69, 9.17) is 33.3 Å². The quantitative estimate of drug-likeness (QED) is 0.200. The molecule has 2 aromatic carbocycles. The van der Waals surface area contributed by atoms with Crippen molar-refractivity contribution in [2.24, 2.45) is 0 Å². The average molecular weight is 551 g/mol. The number of rotatable bonds is 8. The van der Waals surface area contributed by atoms with Gasteiger partial charge in [-0.3, -0.25) is 4.98 Å². The third-order valence-electron chi connectivity index (χ3n) is 6.69. The van der Waals surface area contributed by atoms with Crippen LogP contribution in [0.3, 0.4) is 0 Å². The number of aryl methyl sites for hydroxylation is 1. The van der Waals surface area contributed by atoms with Crippen LogP contribution in [0.1, 0.15) is 34.7 Å². The van der Waals surface area contributed by atoms with Crippen molar-refractivity contribution >= 4 is 34.6 Å². The van der Waals surface area contributed by atoms with E-state index in [1.165, 1.54) is 12.1 Å². The predicted octanol–water partition coefficient (Wildman–Crippen LogP) is 6.48. The van der Waals surface area contributed by atoms with Gasteiger partial charge in [-0.15, -0.1) is 0 Å². The number of halogens is 2. The summed E-state index contributed by atoms with van der Waals surface area (Å²) in [5, 5.41) is 4.52. The molecule has 1 aliphatic heterocycles. The Balaban J connectivity index is 1.61. The molecule has 2 aromatic heterocycles. The Hall–Kier alpha value is -3.46. The lowest BCUT2D eigenvalue weighted by molar-refractivity contribution is 0.146. The highest BCUT2D eigenvalue weighted by molar-refractivity contribution is 7.80. The van der Waals surface area contributed by atoms with Crippen LogP contribution in [0.2, 0.25) is 5.02 Å². The maximum absolute atomic E-state index is 14.1. The van der Waals surface area contributed by atoms with Gasteiger partial charge in [0.15, 0.2) is 5.11 Å². The first kappa shape index (κ1) is 26.2. The number of benzene rings is 2. The molecule has 1 saturated heterocycles. The molecule has 6 nitrogen and oxygen atoms in total. The van der Waals surface area contributed by atoms with E-state index in [1.54, 1.807) is 19.4 Å². The molecule has 1 fully saturated rings. The Morgan fingerprint density at radius 3 is 2.58 bits per heavy atom. The van der Waals surface area contributed by atoms with Crippen molar-refractivity contribution in [1.29, 1.82) is 0 Å². The van der Waals surface area contributed by atoms with E-state index in [0.29, 0.717) is 29.1 Å². The molecule has 196 valence electrons. The lowest BCUT2D eigenvalue weighted by Gasteiger charge is -2.28. The normalized spacial score (nSPS) is 17.1. The van der Waals surface area contributed by atoms with Crippen LogP contribution < -0.4 is 15.0 Å². The summed E-state index contributed by atoms with van der Waals surface area (Å²) in [5.74, 6) is 0.295. The van der Waals surface area contributed by atoms with Crippen LogP contribution >= 0.6 is 23.8 Å². The molecule has 0 aliphatic carbocycles. The molecule has 9 heteroatoms. The van der Waals surface area contributed by atoms with Crippen LogP contribution in [-0.2, 0) is 4.74 Å². The van der Waals surface area contributed by atoms with Crippen molar-refractivity contribution in [1.82, 2.24) is 14.9 Å². The van der Waals surface area contributed by atoms with Gasteiger partial charge in [0.25, 0.3) is 0 Å². The Bertz CT molecular complexity index is 1460. The molecular formula is C29H28ClFN4O2S. The Morgan fingerprint density at radius 1 is 1.03 bits per heavy atom. The molecule has 0 spiro atoms. The number of hydrogen-bond donors (Lipinski definition) is 1. The van der Waals surface area contributed by atoms with Crippen LogP contribution in [0, 0.1) is 19.7 Å². The second-order valence-electron chi connectivity index (χ2n) is 9.09. The summed E-state index contributed by atoms with van der Waals surface area (Å²) in [7, 11) is 1.62. The van der Waals surface area contributed by atoms with Crippen LogP contribution in [0.15, 0.2) is 72.9 Å². The fourth-order valence-electron chi connectivity index (χ4n) is 5.04. The van der Waals surface area contributed by atoms with Gasteiger partial charge in [0.2, 0.25) is 0 Å². The predicted molar refractivity (Wildman–Crippen MR) is 152 cm³/mol. The summed E-state index contributed by atoms with van der Waals surface area (Å²) in [4.78, 5) is 6.70. The number of pyridine rings is 1. The van der Waals surface area contributed by atoms with Gasteiger partial charge in [-0.05, 0) is 86.2 Å². The molecule has 0 radical (unpaired) electrons. The van der Waals surface area contributed by atoms with Gasteiger partial charge in [0.1, 0.15) is 18.2 Å². The number of hydrogen-bond acceptors (Lipinski definition) is 4. The zero-order valence-electron chi connectivity index (χ0n) is 21.3. The lowest BCUT2D eigenvalue weighted by atomic mass is 9.96. The standard InChI is InChI=1S/C29H28ClFN4O2S/c1-18-15-23(19(2)34(18)21-8-6-7-20(31)16-21)28-27(25-9-4-5-12-32-25)33-29(38)35(28)22-10-11-26(24(30)17-22)37-14-13-36-3/h4-12,15-17,27-28H,13-14H2,1-3H3,(H,33,38)/t27-,28-/m1/s1. The highest BCUT2D eigenvalue weighted by atomic mass is 35.5. The monoisotopic (exact) mass is 550 g/mol. The lowest BCUT2D eigenvalue weighted by Crippen LogP contribution is -2.29. The van der Waals surface area contributed by atoms with E-state index in [1.807, 2.05) is 56.3 Å². The molecule has 38 heavy (non-hydrogen) atoms. The zero-order valence-corrected chi connectivity index (χ0v) is 22.9. The second-order valence-corrected chi connectivity index (χ2v) is 9.89. The summed E-state index contributed by atoms with van der Waals surface area (Å²) < 4.78 is 27.0. The van der Waals surface area contributed by atoms with Crippen molar-refractivity contribution in [3.63, 3.8) is 0 Å². The molecule has 4 aromatic rings. The number of nitrogens with one attached hydrogen (secondary N) is 1. The maximum atomic E-state index is 14.1. The van der Waals surface area contributed by atoms with Crippen LogP contribution in [0.5, 0.6) is 5.75 Å². The van der Waals surface area contributed by atoms with Gasteiger partial charge in [-0.25, -0.2) is 4.39 Å². The van der Waals surface area contributed by atoms with Gasteiger partial charge in [-0.2, -0.15) is 0 Å². The van der Waals surface area contributed by atoms with Gasteiger partial charge in [0.05, 0.1) is 29.4 Å². The first-order valence-electron chi connectivity index (χ1n) is 12.3. The molecule has 0 amide bonds. The third-order valence-corrected chi connectivity index (χ3v) is 7.30. The maximum Gasteiger partial charge on any atom is 0.174 e.